The van der Waals surface area contributed by atoms with Crippen LogP contribution in [0.4, 0.5) is 4.39 Å². The summed E-state index contributed by atoms with van der Waals surface area (Å²) in [6, 6.07) is 3.17. The molecule has 0 atom stereocenters. The SMILES string of the molecule is COCCn1c(CCCl)nc2cc(Br)c(F)cc21. The molecule has 1 heterocycles. The minimum absolute atomic E-state index is 0.293. The van der Waals surface area contributed by atoms with Gasteiger partial charge in [-0.1, -0.05) is 0 Å². The van der Waals surface area contributed by atoms with Crippen LogP contribution < -0.4 is 0 Å². The minimum Gasteiger partial charge on any atom is -0.383 e. The lowest BCUT2D eigenvalue weighted by Crippen LogP contribution is -2.09. The van der Waals surface area contributed by atoms with Crippen LogP contribution in [-0.4, -0.2) is 29.1 Å². The number of rotatable bonds is 5. The summed E-state index contributed by atoms with van der Waals surface area (Å²) in [7, 11) is 1.64. The molecule has 2 aromatic rings. The summed E-state index contributed by atoms with van der Waals surface area (Å²) >= 11 is 8.93. The number of fused-ring (bicyclic) bond motifs is 1. The molecule has 0 amide bonds. The van der Waals surface area contributed by atoms with E-state index in [-0.39, 0.29) is 5.82 Å². The molecule has 0 saturated carbocycles. The normalized spacial score (nSPS) is 11.3. The van der Waals surface area contributed by atoms with E-state index in [4.69, 9.17) is 16.3 Å². The highest BCUT2D eigenvalue weighted by atomic mass is 79.9. The summed E-state index contributed by atoms with van der Waals surface area (Å²) in [5.41, 5.74) is 1.53. The van der Waals surface area contributed by atoms with Crippen molar-refractivity contribution in [1.29, 1.82) is 0 Å². The van der Waals surface area contributed by atoms with Gasteiger partial charge in [0.15, 0.2) is 0 Å². The second kappa shape index (κ2) is 5.99. The van der Waals surface area contributed by atoms with Crippen molar-refractivity contribution < 1.29 is 9.13 Å². The van der Waals surface area contributed by atoms with Crippen molar-refractivity contribution in [2.75, 3.05) is 19.6 Å². The van der Waals surface area contributed by atoms with Gasteiger partial charge in [0, 0.05) is 32.0 Å². The highest BCUT2D eigenvalue weighted by Crippen LogP contribution is 2.24. The number of imidazole rings is 1. The van der Waals surface area contributed by atoms with E-state index < -0.39 is 0 Å². The molecule has 0 aliphatic heterocycles. The molecular weight excluding hydrogens is 322 g/mol. The Morgan fingerprint density at radius 3 is 2.94 bits per heavy atom. The van der Waals surface area contributed by atoms with Crippen LogP contribution in [0.1, 0.15) is 5.82 Å². The van der Waals surface area contributed by atoms with Crippen LogP contribution in [0.25, 0.3) is 11.0 Å². The molecule has 0 unspecified atom stereocenters. The van der Waals surface area contributed by atoms with Crippen molar-refractivity contribution in [3.05, 3.63) is 28.2 Å². The van der Waals surface area contributed by atoms with Gasteiger partial charge in [0.2, 0.25) is 0 Å². The van der Waals surface area contributed by atoms with E-state index in [1.165, 1.54) is 6.07 Å². The van der Waals surface area contributed by atoms with E-state index in [1.54, 1.807) is 13.2 Å². The monoisotopic (exact) mass is 334 g/mol. The molecule has 0 aliphatic carbocycles. The van der Waals surface area contributed by atoms with Crippen molar-refractivity contribution in [3.8, 4) is 0 Å². The molecule has 18 heavy (non-hydrogen) atoms. The van der Waals surface area contributed by atoms with Gasteiger partial charge in [-0.3, -0.25) is 0 Å². The summed E-state index contributed by atoms with van der Waals surface area (Å²) in [4.78, 5) is 4.48. The quantitative estimate of drug-likeness (QED) is 0.783. The molecule has 0 aliphatic rings. The maximum Gasteiger partial charge on any atom is 0.139 e. The Balaban J connectivity index is 2.53. The average molecular weight is 336 g/mol. The van der Waals surface area contributed by atoms with E-state index in [1.807, 2.05) is 4.57 Å². The Kier molecular flexibility index (Phi) is 4.59. The molecule has 0 radical (unpaired) electrons. The molecule has 0 saturated heterocycles. The van der Waals surface area contributed by atoms with E-state index in [9.17, 15) is 4.39 Å². The molecule has 0 spiro atoms. The maximum absolute atomic E-state index is 13.6. The first-order valence-corrected chi connectivity index (χ1v) is 6.89. The fourth-order valence-electron chi connectivity index (χ4n) is 1.88. The van der Waals surface area contributed by atoms with Gasteiger partial charge >= 0.3 is 0 Å². The fourth-order valence-corrected chi connectivity index (χ4v) is 2.38. The zero-order valence-corrected chi connectivity index (χ0v) is 12.3. The van der Waals surface area contributed by atoms with Gasteiger partial charge < -0.3 is 9.30 Å². The molecule has 1 aromatic carbocycles. The molecule has 0 fully saturated rings. The summed E-state index contributed by atoms with van der Waals surface area (Å²) in [5, 5.41) is 0. The molecule has 6 heteroatoms. The smallest absolute Gasteiger partial charge is 0.139 e. The third kappa shape index (κ3) is 2.68. The van der Waals surface area contributed by atoms with Crippen LogP contribution in [0, 0.1) is 5.82 Å². The molecular formula is C12H13BrClFN2O. The van der Waals surface area contributed by atoms with Gasteiger partial charge in [0.05, 0.1) is 22.1 Å². The highest BCUT2D eigenvalue weighted by molar-refractivity contribution is 9.10. The number of halogens is 3. The second-order valence-electron chi connectivity index (χ2n) is 3.87. The van der Waals surface area contributed by atoms with Crippen molar-refractivity contribution in [2.24, 2.45) is 0 Å². The van der Waals surface area contributed by atoms with Crippen molar-refractivity contribution in [2.45, 2.75) is 13.0 Å². The lowest BCUT2D eigenvalue weighted by molar-refractivity contribution is 0.187. The molecule has 0 N–H and O–H groups in total. The van der Waals surface area contributed by atoms with E-state index in [0.29, 0.717) is 29.9 Å². The van der Waals surface area contributed by atoms with Crippen molar-refractivity contribution in [3.63, 3.8) is 0 Å². The number of methoxy groups -OCH3 is 1. The van der Waals surface area contributed by atoms with Crippen LogP contribution >= 0.6 is 27.5 Å². The largest absolute Gasteiger partial charge is 0.383 e. The lowest BCUT2D eigenvalue weighted by Gasteiger charge is -2.07. The number of nitrogens with zero attached hydrogens (tertiary/aromatic N) is 2. The molecule has 98 valence electrons. The predicted octanol–water partition coefficient (Wildman–Crippen LogP) is 3.37. The van der Waals surface area contributed by atoms with Crippen LogP contribution in [0.5, 0.6) is 0 Å². The zero-order valence-electron chi connectivity index (χ0n) is 9.92. The van der Waals surface area contributed by atoms with E-state index in [2.05, 4.69) is 20.9 Å². The van der Waals surface area contributed by atoms with Crippen LogP contribution in [0.15, 0.2) is 16.6 Å². The van der Waals surface area contributed by atoms with Gasteiger partial charge in [0.1, 0.15) is 11.6 Å². The average Bonchev–Trinajstić information content (AvgIpc) is 2.65. The number of ether oxygens (including phenoxy) is 1. The summed E-state index contributed by atoms with van der Waals surface area (Å²) in [5.74, 6) is 1.05. The number of benzene rings is 1. The Hall–Kier alpha value is -0.650. The Morgan fingerprint density at radius 1 is 1.50 bits per heavy atom. The summed E-state index contributed by atoms with van der Waals surface area (Å²) in [6.07, 6.45) is 0.652. The first-order valence-electron chi connectivity index (χ1n) is 5.56. The second-order valence-corrected chi connectivity index (χ2v) is 5.10. The summed E-state index contributed by atoms with van der Waals surface area (Å²) < 4.78 is 21.0. The highest BCUT2D eigenvalue weighted by Gasteiger charge is 2.12. The number of aromatic nitrogens is 2. The van der Waals surface area contributed by atoms with E-state index >= 15 is 0 Å². The standard InChI is InChI=1S/C12H13BrClFN2O/c1-18-5-4-17-11-7-9(15)8(13)6-10(11)16-12(17)2-3-14/h6-7H,2-5H2,1H3. The van der Waals surface area contributed by atoms with Crippen LogP contribution in [-0.2, 0) is 17.7 Å². The minimum atomic E-state index is -0.293. The number of aryl methyl sites for hydroxylation is 1. The Morgan fingerprint density at radius 2 is 2.28 bits per heavy atom. The van der Waals surface area contributed by atoms with Gasteiger partial charge in [0.25, 0.3) is 0 Å². The van der Waals surface area contributed by atoms with Gasteiger partial charge in [-0.05, 0) is 22.0 Å². The topological polar surface area (TPSA) is 27.1 Å². The van der Waals surface area contributed by atoms with Crippen molar-refractivity contribution >= 4 is 38.6 Å². The zero-order chi connectivity index (χ0) is 13.1. The van der Waals surface area contributed by atoms with Crippen LogP contribution in [0.3, 0.4) is 0 Å². The Labute approximate surface area is 118 Å². The number of alkyl halides is 1. The first-order chi connectivity index (χ1) is 8.67. The predicted molar refractivity (Wildman–Crippen MR) is 73.7 cm³/mol. The fraction of sp³-hybridized carbons (Fsp3) is 0.417. The lowest BCUT2D eigenvalue weighted by atomic mass is 10.3. The van der Waals surface area contributed by atoms with Gasteiger partial charge in [-0.15, -0.1) is 11.6 Å². The maximum atomic E-state index is 13.6. The molecule has 3 nitrogen and oxygen atoms in total. The molecule has 1 aromatic heterocycles. The van der Waals surface area contributed by atoms with Crippen molar-refractivity contribution in [1.82, 2.24) is 9.55 Å². The van der Waals surface area contributed by atoms with Gasteiger partial charge in [-0.2, -0.15) is 0 Å². The Bertz CT molecular complexity index is 558. The van der Waals surface area contributed by atoms with E-state index in [0.717, 1.165) is 16.9 Å². The third-order valence-electron chi connectivity index (χ3n) is 2.71. The molecule has 0 bridgehead atoms. The third-order valence-corrected chi connectivity index (χ3v) is 3.50. The van der Waals surface area contributed by atoms with Gasteiger partial charge in [-0.25, -0.2) is 9.37 Å². The van der Waals surface area contributed by atoms with Crippen LogP contribution in [0.2, 0.25) is 0 Å². The number of hydrogen-bond donors (Lipinski definition) is 0. The summed E-state index contributed by atoms with van der Waals surface area (Å²) in [6.45, 7) is 1.19. The number of hydrogen-bond acceptors (Lipinski definition) is 2. The molecule has 2 rings (SSSR count). The first kappa shape index (κ1) is 13.8.